The molecule has 0 aliphatic carbocycles. The summed E-state index contributed by atoms with van der Waals surface area (Å²) in [6, 6.07) is 2.87. The van der Waals surface area contributed by atoms with Crippen LogP contribution in [0.15, 0.2) is 23.1 Å². The van der Waals surface area contributed by atoms with Gasteiger partial charge in [0, 0.05) is 43.6 Å². The van der Waals surface area contributed by atoms with Crippen molar-refractivity contribution in [3.8, 4) is 0 Å². The molecule has 1 saturated heterocycles. The van der Waals surface area contributed by atoms with Crippen LogP contribution in [0.2, 0.25) is 0 Å². The molecule has 1 atom stereocenters. The van der Waals surface area contributed by atoms with E-state index < -0.39 is 0 Å². The third-order valence-corrected chi connectivity index (χ3v) is 3.21. The standard InChI is InChI=1S/C12H17N3O3/c13-10-1-2-11(17)15(6-10)7-12(18)14-4-3-9(5-14)8-16/h1-2,6,9,16H,3-5,7-8,13H2. The quantitative estimate of drug-likeness (QED) is 0.741. The third-order valence-electron chi connectivity index (χ3n) is 3.21. The van der Waals surface area contributed by atoms with Crippen molar-refractivity contribution in [3.63, 3.8) is 0 Å². The summed E-state index contributed by atoms with van der Waals surface area (Å²) in [5, 5.41) is 9.03. The van der Waals surface area contributed by atoms with E-state index >= 15 is 0 Å². The van der Waals surface area contributed by atoms with Gasteiger partial charge in [0.15, 0.2) is 0 Å². The van der Waals surface area contributed by atoms with Crippen molar-refractivity contribution in [2.75, 3.05) is 25.4 Å². The van der Waals surface area contributed by atoms with Crippen molar-refractivity contribution >= 4 is 11.6 Å². The Balaban J connectivity index is 2.03. The van der Waals surface area contributed by atoms with E-state index in [1.54, 1.807) is 4.90 Å². The molecule has 6 heteroatoms. The SMILES string of the molecule is Nc1ccc(=O)n(CC(=O)N2CCC(CO)C2)c1. The minimum atomic E-state index is -0.240. The Morgan fingerprint density at radius 2 is 2.28 bits per heavy atom. The molecule has 2 rings (SSSR count). The Kier molecular flexibility index (Phi) is 3.66. The molecule has 1 aromatic heterocycles. The Labute approximate surface area is 105 Å². The highest BCUT2D eigenvalue weighted by atomic mass is 16.3. The fraction of sp³-hybridized carbons (Fsp3) is 0.500. The van der Waals surface area contributed by atoms with E-state index in [-0.39, 0.29) is 30.5 Å². The lowest BCUT2D eigenvalue weighted by Gasteiger charge is -2.17. The number of nitrogen functional groups attached to an aromatic ring is 1. The number of likely N-dealkylation sites (tertiary alicyclic amines) is 1. The highest BCUT2D eigenvalue weighted by molar-refractivity contribution is 5.76. The first kappa shape index (κ1) is 12.6. The maximum Gasteiger partial charge on any atom is 0.251 e. The molecule has 1 aliphatic heterocycles. The molecule has 0 bridgehead atoms. The molecule has 6 nitrogen and oxygen atoms in total. The Hall–Kier alpha value is -1.82. The number of aliphatic hydroxyl groups excluding tert-OH is 1. The van der Waals surface area contributed by atoms with Gasteiger partial charge in [0.05, 0.1) is 0 Å². The van der Waals surface area contributed by atoms with E-state index in [1.807, 2.05) is 0 Å². The summed E-state index contributed by atoms with van der Waals surface area (Å²) in [7, 11) is 0. The van der Waals surface area contributed by atoms with Crippen LogP contribution < -0.4 is 11.3 Å². The average molecular weight is 251 g/mol. The predicted octanol–water partition coefficient (Wildman–Crippen LogP) is -0.729. The van der Waals surface area contributed by atoms with Crippen molar-refractivity contribution in [1.29, 1.82) is 0 Å². The molecular formula is C12H17N3O3. The van der Waals surface area contributed by atoms with Crippen molar-refractivity contribution in [3.05, 3.63) is 28.7 Å². The van der Waals surface area contributed by atoms with Gasteiger partial charge in [0.1, 0.15) is 6.54 Å². The second-order valence-corrected chi connectivity index (χ2v) is 4.61. The van der Waals surface area contributed by atoms with Crippen molar-refractivity contribution < 1.29 is 9.90 Å². The number of aromatic nitrogens is 1. The topological polar surface area (TPSA) is 88.6 Å². The summed E-state index contributed by atoms with van der Waals surface area (Å²) in [5.41, 5.74) is 5.80. The lowest BCUT2D eigenvalue weighted by atomic mass is 10.1. The second-order valence-electron chi connectivity index (χ2n) is 4.61. The number of aliphatic hydroxyl groups is 1. The number of anilines is 1. The van der Waals surface area contributed by atoms with Gasteiger partial charge in [-0.3, -0.25) is 9.59 Å². The number of nitrogens with two attached hydrogens (primary N) is 1. The van der Waals surface area contributed by atoms with Crippen LogP contribution in [-0.2, 0) is 11.3 Å². The van der Waals surface area contributed by atoms with Gasteiger partial charge in [0.25, 0.3) is 5.56 Å². The Bertz CT molecular complexity index is 498. The predicted molar refractivity (Wildman–Crippen MR) is 66.9 cm³/mol. The van der Waals surface area contributed by atoms with E-state index in [1.165, 1.54) is 22.9 Å². The van der Waals surface area contributed by atoms with Crippen LogP contribution in [0, 0.1) is 5.92 Å². The van der Waals surface area contributed by atoms with E-state index in [2.05, 4.69) is 0 Å². The molecule has 0 radical (unpaired) electrons. The fourth-order valence-corrected chi connectivity index (χ4v) is 2.13. The lowest BCUT2D eigenvalue weighted by molar-refractivity contribution is -0.131. The maximum absolute atomic E-state index is 12.0. The Morgan fingerprint density at radius 3 is 2.94 bits per heavy atom. The third kappa shape index (κ3) is 2.70. The van der Waals surface area contributed by atoms with Crippen LogP contribution in [0.5, 0.6) is 0 Å². The largest absolute Gasteiger partial charge is 0.398 e. The van der Waals surface area contributed by atoms with E-state index in [9.17, 15) is 9.59 Å². The number of nitrogens with zero attached hydrogens (tertiary/aromatic N) is 2. The maximum atomic E-state index is 12.0. The normalized spacial score (nSPS) is 19.2. The molecule has 1 amide bonds. The van der Waals surface area contributed by atoms with Gasteiger partial charge in [-0.25, -0.2) is 0 Å². The van der Waals surface area contributed by atoms with E-state index in [0.717, 1.165) is 6.42 Å². The first-order chi connectivity index (χ1) is 8.60. The van der Waals surface area contributed by atoms with Gasteiger partial charge in [-0.2, -0.15) is 0 Å². The number of pyridine rings is 1. The van der Waals surface area contributed by atoms with Gasteiger partial charge in [-0.05, 0) is 12.5 Å². The van der Waals surface area contributed by atoms with Crippen LogP contribution in [0.4, 0.5) is 5.69 Å². The minimum absolute atomic E-state index is 0.00201. The van der Waals surface area contributed by atoms with Crippen LogP contribution >= 0.6 is 0 Å². The summed E-state index contributed by atoms with van der Waals surface area (Å²) in [6.45, 7) is 1.30. The van der Waals surface area contributed by atoms with Crippen molar-refractivity contribution in [2.24, 2.45) is 5.92 Å². The summed E-state index contributed by atoms with van der Waals surface area (Å²) in [4.78, 5) is 25.2. The highest BCUT2D eigenvalue weighted by Crippen LogP contribution is 2.15. The van der Waals surface area contributed by atoms with E-state index in [4.69, 9.17) is 10.8 Å². The van der Waals surface area contributed by atoms with Gasteiger partial charge in [0.2, 0.25) is 5.91 Å². The van der Waals surface area contributed by atoms with Crippen molar-refractivity contribution in [2.45, 2.75) is 13.0 Å². The molecule has 18 heavy (non-hydrogen) atoms. The van der Waals surface area contributed by atoms with Crippen LogP contribution in [-0.4, -0.2) is 40.2 Å². The van der Waals surface area contributed by atoms with Gasteiger partial charge >= 0.3 is 0 Å². The van der Waals surface area contributed by atoms with Gasteiger partial charge in [-0.15, -0.1) is 0 Å². The molecular weight excluding hydrogens is 234 g/mol. The zero-order valence-electron chi connectivity index (χ0n) is 10.1. The first-order valence-corrected chi connectivity index (χ1v) is 5.94. The Morgan fingerprint density at radius 1 is 1.50 bits per heavy atom. The van der Waals surface area contributed by atoms with Gasteiger partial charge in [-0.1, -0.05) is 0 Å². The van der Waals surface area contributed by atoms with Crippen LogP contribution in [0.25, 0.3) is 0 Å². The number of hydrogen-bond donors (Lipinski definition) is 2. The van der Waals surface area contributed by atoms with Crippen molar-refractivity contribution in [1.82, 2.24) is 9.47 Å². The molecule has 1 unspecified atom stereocenters. The molecule has 0 spiro atoms. The monoisotopic (exact) mass is 251 g/mol. The number of hydrogen-bond acceptors (Lipinski definition) is 4. The highest BCUT2D eigenvalue weighted by Gasteiger charge is 2.25. The molecule has 3 N–H and O–H groups in total. The number of carbonyl (C=O) groups is 1. The molecule has 98 valence electrons. The molecule has 0 aromatic carbocycles. The van der Waals surface area contributed by atoms with E-state index in [0.29, 0.717) is 18.8 Å². The number of carbonyl (C=O) groups excluding carboxylic acids is 1. The number of rotatable bonds is 3. The van der Waals surface area contributed by atoms with Gasteiger partial charge < -0.3 is 20.3 Å². The summed E-state index contributed by atoms with van der Waals surface area (Å²) in [5.74, 6) is 0.0464. The van der Waals surface area contributed by atoms with Crippen LogP contribution in [0.3, 0.4) is 0 Å². The average Bonchev–Trinajstić information content (AvgIpc) is 2.82. The zero-order chi connectivity index (χ0) is 13.1. The molecule has 1 aromatic rings. The molecule has 2 heterocycles. The lowest BCUT2D eigenvalue weighted by Crippen LogP contribution is -2.35. The second kappa shape index (κ2) is 5.22. The molecule has 0 saturated carbocycles. The molecule has 1 aliphatic rings. The summed E-state index contributed by atoms with van der Waals surface area (Å²) >= 11 is 0. The number of amides is 1. The molecule has 1 fully saturated rings. The smallest absolute Gasteiger partial charge is 0.251 e. The van der Waals surface area contributed by atoms with Crippen LogP contribution in [0.1, 0.15) is 6.42 Å². The minimum Gasteiger partial charge on any atom is -0.398 e. The zero-order valence-corrected chi connectivity index (χ0v) is 10.1. The fourth-order valence-electron chi connectivity index (χ4n) is 2.13. The first-order valence-electron chi connectivity index (χ1n) is 5.94. The summed E-state index contributed by atoms with van der Waals surface area (Å²) in [6.07, 6.45) is 2.29. The summed E-state index contributed by atoms with van der Waals surface area (Å²) < 4.78 is 1.31.